The number of allylic oxidation sites excluding steroid dienone is 2. The van der Waals surface area contributed by atoms with Gasteiger partial charge in [0.25, 0.3) is 0 Å². The van der Waals surface area contributed by atoms with Crippen molar-refractivity contribution in [3.63, 3.8) is 0 Å². The van der Waals surface area contributed by atoms with E-state index in [4.69, 9.17) is 16.6 Å². The van der Waals surface area contributed by atoms with Crippen LogP contribution in [0.2, 0.25) is 5.02 Å². The number of thioether (sulfide) groups is 1. The third kappa shape index (κ3) is 6.69. The molecule has 0 spiro atoms. The van der Waals surface area contributed by atoms with E-state index in [1.807, 2.05) is 5.41 Å². The Balaban J connectivity index is 1.31. The number of carbonyl (C=O) groups excluding carboxylic acids is 1. The average Bonchev–Trinajstić information content (AvgIpc) is 3.69. The molecule has 6 rings (SSSR count). The first-order valence-corrected chi connectivity index (χ1v) is 16.5. The molecule has 1 aromatic heterocycles. The second-order valence-electron chi connectivity index (χ2n) is 11.9. The lowest BCUT2D eigenvalue weighted by Gasteiger charge is -2.37. The van der Waals surface area contributed by atoms with Crippen LogP contribution in [0.5, 0.6) is 0 Å². The van der Waals surface area contributed by atoms with E-state index in [1.165, 1.54) is 18.3 Å². The van der Waals surface area contributed by atoms with Gasteiger partial charge < -0.3 is 20.2 Å². The van der Waals surface area contributed by atoms with Crippen LogP contribution in [-0.2, 0) is 0 Å². The molecule has 2 N–H and O–H groups in total. The number of piperidine rings is 1. The second kappa shape index (κ2) is 13.6. The lowest BCUT2D eigenvalue weighted by atomic mass is 9.91. The van der Waals surface area contributed by atoms with Gasteiger partial charge in [0.05, 0.1) is 10.9 Å². The minimum atomic E-state index is -2.81. The average molecular weight is 661 g/mol. The first-order chi connectivity index (χ1) is 21.7. The Morgan fingerprint density at radius 1 is 1.22 bits per heavy atom. The van der Waals surface area contributed by atoms with Crippen LogP contribution < -0.4 is 5.32 Å². The zero-order valence-electron chi connectivity index (χ0n) is 24.7. The quantitative estimate of drug-likeness (QED) is 0.310. The highest BCUT2D eigenvalue weighted by atomic mass is 35.5. The standard InChI is InChI=1S/C32H36ClF3N6O2S/c1-19-3-2-14-45-29(19)30-38-28(23-5-4-22(34)16-24(23)33)27(25-9-13-42(39-25)31(35)36)26-15-21(17-41(26)30)6-10-37-32(44)40-11-7-20(18-43)8-12-40/h2,4-5,9,13-14,16,20-21,28-29,31,43H,1,3,6-8,10-12,15,17-18H2,(H,37,44)/t21-,28-,29?/m0/s1. The van der Waals surface area contributed by atoms with Crippen LogP contribution in [0.15, 0.2) is 64.8 Å². The first kappa shape index (κ1) is 31.7. The number of aromatic nitrogens is 2. The van der Waals surface area contributed by atoms with Crippen LogP contribution in [0, 0.1) is 17.7 Å². The Morgan fingerprint density at radius 2 is 2.02 bits per heavy atom. The van der Waals surface area contributed by atoms with Crippen molar-refractivity contribution in [2.45, 2.75) is 49.9 Å². The molecule has 4 aliphatic rings. The monoisotopic (exact) mass is 660 g/mol. The van der Waals surface area contributed by atoms with Gasteiger partial charge in [0.15, 0.2) is 0 Å². The van der Waals surface area contributed by atoms with Crippen molar-refractivity contribution in [1.82, 2.24) is 24.9 Å². The summed E-state index contributed by atoms with van der Waals surface area (Å²) in [5.41, 5.74) is 3.49. The van der Waals surface area contributed by atoms with Gasteiger partial charge in [-0.25, -0.2) is 13.9 Å². The van der Waals surface area contributed by atoms with E-state index < -0.39 is 18.4 Å². The second-order valence-corrected chi connectivity index (χ2v) is 13.4. The molecule has 2 aromatic rings. The number of amides is 2. The third-order valence-corrected chi connectivity index (χ3v) is 10.5. The smallest absolute Gasteiger partial charge is 0.333 e. The summed E-state index contributed by atoms with van der Waals surface area (Å²) in [6.45, 7) is 4.02. The SMILES string of the molecule is C=C1CC=CSC1C1=N[C@@H](c2ccc(F)cc2Cl)C(c2ccn(C(F)F)n2)=C2C[C@H](CCNC(=O)N3CCC(CO)CC3)CN12. The molecule has 0 radical (unpaired) electrons. The Bertz CT molecular complexity index is 1540. The van der Waals surface area contributed by atoms with Gasteiger partial charge >= 0.3 is 12.6 Å². The minimum absolute atomic E-state index is 0.102. The maximum atomic E-state index is 14.1. The number of aliphatic hydroxyl groups excluding tert-OH is 1. The van der Waals surface area contributed by atoms with E-state index in [1.54, 1.807) is 28.8 Å². The van der Waals surface area contributed by atoms with Crippen LogP contribution >= 0.6 is 23.4 Å². The van der Waals surface area contributed by atoms with Gasteiger partial charge in [-0.1, -0.05) is 35.9 Å². The van der Waals surface area contributed by atoms with Gasteiger partial charge in [0.2, 0.25) is 0 Å². The summed E-state index contributed by atoms with van der Waals surface area (Å²) in [4.78, 5) is 22.0. The predicted octanol–water partition coefficient (Wildman–Crippen LogP) is 6.64. The van der Waals surface area contributed by atoms with E-state index in [2.05, 4.69) is 28.0 Å². The highest BCUT2D eigenvalue weighted by Crippen LogP contribution is 2.48. The molecule has 240 valence electrons. The van der Waals surface area contributed by atoms with Crippen LogP contribution in [0.1, 0.15) is 56.0 Å². The number of hydrogen-bond acceptors (Lipinski definition) is 6. The molecule has 4 aliphatic heterocycles. The summed E-state index contributed by atoms with van der Waals surface area (Å²) in [7, 11) is 0. The summed E-state index contributed by atoms with van der Waals surface area (Å²) in [6, 6.07) is 4.92. The van der Waals surface area contributed by atoms with Crippen LogP contribution in [-0.4, -0.2) is 74.6 Å². The Kier molecular flexibility index (Phi) is 9.62. The molecule has 3 atom stereocenters. The number of urea groups is 1. The van der Waals surface area contributed by atoms with Crippen LogP contribution in [0.25, 0.3) is 5.57 Å². The summed E-state index contributed by atoms with van der Waals surface area (Å²) in [5.74, 6) is 0.698. The highest BCUT2D eigenvalue weighted by molar-refractivity contribution is 8.03. The summed E-state index contributed by atoms with van der Waals surface area (Å²) < 4.78 is 42.0. The number of halogens is 4. The van der Waals surface area contributed by atoms with Gasteiger partial charge in [-0.15, -0.1) is 11.8 Å². The molecule has 8 nitrogen and oxygen atoms in total. The lowest BCUT2D eigenvalue weighted by molar-refractivity contribution is 0.0564. The lowest BCUT2D eigenvalue weighted by Crippen LogP contribution is -2.45. The minimum Gasteiger partial charge on any atom is -0.396 e. The molecule has 1 unspecified atom stereocenters. The van der Waals surface area contributed by atoms with Gasteiger partial charge in [0.1, 0.15) is 17.7 Å². The molecule has 0 aliphatic carbocycles. The number of alkyl halides is 2. The van der Waals surface area contributed by atoms with Crippen molar-refractivity contribution in [1.29, 1.82) is 0 Å². The van der Waals surface area contributed by atoms with Crippen molar-refractivity contribution in [2.24, 2.45) is 16.8 Å². The highest BCUT2D eigenvalue weighted by Gasteiger charge is 2.42. The van der Waals surface area contributed by atoms with Crippen molar-refractivity contribution < 1.29 is 23.1 Å². The number of hydrogen-bond donors (Lipinski definition) is 2. The van der Waals surface area contributed by atoms with Gasteiger partial charge in [0, 0.05) is 60.8 Å². The fraction of sp³-hybridized carbons (Fsp3) is 0.469. The van der Waals surface area contributed by atoms with Gasteiger partial charge in [-0.3, -0.25) is 4.99 Å². The Hall–Kier alpha value is -3.22. The Labute approximate surface area is 269 Å². The number of rotatable bonds is 8. The topological polar surface area (TPSA) is 86.0 Å². The molecule has 5 heterocycles. The molecule has 13 heteroatoms. The van der Waals surface area contributed by atoms with E-state index in [0.717, 1.165) is 29.9 Å². The normalized spacial score (nSPS) is 24.0. The zero-order chi connectivity index (χ0) is 31.7. The fourth-order valence-electron chi connectivity index (χ4n) is 6.55. The third-order valence-electron chi connectivity index (χ3n) is 9.00. The van der Waals surface area contributed by atoms with E-state index >= 15 is 0 Å². The number of likely N-dealkylation sites (tertiary alicyclic amines) is 1. The van der Waals surface area contributed by atoms with Gasteiger partial charge in [-0.2, -0.15) is 13.9 Å². The number of fused-ring (bicyclic) bond motifs is 1. The number of aliphatic hydroxyl groups is 1. The number of carbonyl (C=O) groups is 1. The number of aliphatic imine (C=N–C) groups is 1. The molecule has 2 saturated heterocycles. The van der Waals surface area contributed by atoms with Crippen molar-refractivity contribution in [3.05, 3.63) is 81.9 Å². The number of nitrogens with one attached hydrogen (secondary N) is 1. The molecular weight excluding hydrogens is 625 g/mol. The largest absolute Gasteiger partial charge is 0.396 e. The molecular formula is C32H36ClF3N6O2S. The Morgan fingerprint density at radius 3 is 2.71 bits per heavy atom. The fourth-order valence-corrected chi connectivity index (χ4v) is 7.78. The van der Waals surface area contributed by atoms with E-state index in [9.17, 15) is 23.1 Å². The summed E-state index contributed by atoms with van der Waals surface area (Å²) >= 11 is 8.21. The molecule has 45 heavy (non-hydrogen) atoms. The van der Waals surface area contributed by atoms with Crippen molar-refractivity contribution in [2.75, 3.05) is 32.8 Å². The molecule has 2 fully saturated rings. The van der Waals surface area contributed by atoms with Gasteiger partial charge in [-0.05, 0) is 67.5 Å². The van der Waals surface area contributed by atoms with Crippen LogP contribution in [0.3, 0.4) is 0 Å². The first-order valence-electron chi connectivity index (χ1n) is 15.2. The van der Waals surface area contributed by atoms with Crippen molar-refractivity contribution in [3.8, 4) is 0 Å². The van der Waals surface area contributed by atoms with E-state index in [0.29, 0.717) is 67.0 Å². The zero-order valence-corrected chi connectivity index (χ0v) is 26.3. The molecule has 0 bridgehead atoms. The summed E-state index contributed by atoms with van der Waals surface area (Å²) in [5, 5.41) is 18.8. The van der Waals surface area contributed by atoms with Crippen LogP contribution in [0.4, 0.5) is 18.0 Å². The molecule has 0 saturated carbocycles. The number of nitrogens with zero attached hydrogens (tertiary/aromatic N) is 5. The van der Waals surface area contributed by atoms with Crippen molar-refractivity contribution >= 4 is 40.8 Å². The predicted molar refractivity (Wildman–Crippen MR) is 170 cm³/mol. The molecule has 2 amide bonds. The maximum Gasteiger partial charge on any atom is 0.333 e. The molecule has 1 aromatic carbocycles. The number of benzene rings is 1. The van der Waals surface area contributed by atoms with E-state index in [-0.39, 0.29) is 34.7 Å². The maximum absolute atomic E-state index is 14.1. The number of amidine groups is 1. The summed E-state index contributed by atoms with van der Waals surface area (Å²) in [6.07, 6.45) is 6.91.